The van der Waals surface area contributed by atoms with Crippen LogP contribution in [0.5, 0.6) is 5.75 Å². The summed E-state index contributed by atoms with van der Waals surface area (Å²) in [5.41, 5.74) is 1.84. The van der Waals surface area contributed by atoms with E-state index in [1.807, 2.05) is 0 Å². The number of carbonyl (C=O) groups excluding carboxylic acids is 1. The van der Waals surface area contributed by atoms with E-state index in [0.29, 0.717) is 5.56 Å². The van der Waals surface area contributed by atoms with Gasteiger partial charge in [-0.3, -0.25) is 14.9 Å². The summed E-state index contributed by atoms with van der Waals surface area (Å²) >= 11 is 8.97. The molecule has 7 nitrogen and oxygen atoms in total. The standard InChI is InChI=1S/C14H9BrClN3O4/c15-10-3-1-8(2-4-10)14(21)18-17-7-9-5-11(16)6-12(13(9)20)19(22)23/h1-7,20H,(H,18,21)/p-1/b17-7+. The van der Waals surface area contributed by atoms with Gasteiger partial charge in [-0.25, -0.2) is 5.43 Å². The highest BCUT2D eigenvalue weighted by atomic mass is 79.9. The number of hydrogen-bond acceptors (Lipinski definition) is 5. The fourth-order valence-corrected chi connectivity index (χ4v) is 2.14. The zero-order valence-corrected chi connectivity index (χ0v) is 13.7. The number of hydrogen-bond donors (Lipinski definition) is 1. The molecule has 9 heteroatoms. The molecule has 0 radical (unpaired) electrons. The zero-order valence-electron chi connectivity index (χ0n) is 11.3. The number of hydrazone groups is 1. The summed E-state index contributed by atoms with van der Waals surface area (Å²) in [6.45, 7) is 0. The highest BCUT2D eigenvalue weighted by Gasteiger charge is 2.11. The monoisotopic (exact) mass is 396 g/mol. The Hall–Kier alpha value is -2.45. The highest BCUT2D eigenvalue weighted by Crippen LogP contribution is 2.29. The van der Waals surface area contributed by atoms with Crippen molar-refractivity contribution in [3.05, 3.63) is 67.1 Å². The van der Waals surface area contributed by atoms with Gasteiger partial charge in [-0.2, -0.15) is 5.10 Å². The second-order valence-corrected chi connectivity index (χ2v) is 5.66. The third kappa shape index (κ3) is 4.27. The van der Waals surface area contributed by atoms with Gasteiger partial charge in [0.1, 0.15) is 0 Å². The molecule has 1 amide bonds. The number of nitro benzene ring substituents is 1. The number of amides is 1. The highest BCUT2D eigenvalue weighted by molar-refractivity contribution is 9.10. The lowest BCUT2D eigenvalue weighted by Gasteiger charge is -2.10. The van der Waals surface area contributed by atoms with Gasteiger partial charge in [0.25, 0.3) is 11.6 Å². The van der Waals surface area contributed by atoms with E-state index >= 15 is 0 Å². The van der Waals surface area contributed by atoms with Crippen LogP contribution in [0.3, 0.4) is 0 Å². The molecule has 0 aliphatic heterocycles. The molecule has 0 fully saturated rings. The lowest BCUT2D eigenvalue weighted by Crippen LogP contribution is -2.17. The van der Waals surface area contributed by atoms with Gasteiger partial charge >= 0.3 is 0 Å². The lowest BCUT2D eigenvalue weighted by molar-refractivity contribution is -0.398. The van der Waals surface area contributed by atoms with Crippen LogP contribution in [0.15, 0.2) is 46.0 Å². The molecule has 0 aromatic heterocycles. The molecule has 2 rings (SSSR count). The number of carbonyl (C=O) groups is 1. The van der Waals surface area contributed by atoms with Crippen LogP contribution >= 0.6 is 27.5 Å². The van der Waals surface area contributed by atoms with Crippen molar-refractivity contribution < 1.29 is 14.8 Å². The van der Waals surface area contributed by atoms with E-state index in [1.165, 1.54) is 6.07 Å². The molecule has 0 atom stereocenters. The molecule has 0 heterocycles. The van der Waals surface area contributed by atoms with Crippen molar-refractivity contribution in [2.45, 2.75) is 0 Å². The van der Waals surface area contributed by atoms with E-state index in [2.05, 4.69) is 26.5 Å². The van der Waals surface area contributed by atoms with E-state index in [-0.39, 0.29) is 10.6 Å². The molecule has 0 saturated heterocycles. The van der Waals surface area contributed by atoms with Crippen molar-refractivity contribution in [1.29, 1.82) is 0 Å². The predicted molar refractivity (Wildman–Crippen MR) is 86.8 cm³/mol. The molecule has 0 unspecified atom stereocenters. The maximum absolute atomic E-state index is 11.8. The second kappa shape index (κ2) is 7.21. The van der Waals surface area contributed by atoms with E-state index in [1.54, 1.807) is 24.3 Å². The Labute approximate surface area is 143 Å². The SMILES string of the molecule is O=C(N/N=C/c1cc(Cl)cc([N+](=O)[O-])c1[O-])c1ccc(Br)cc1. The number of halogens is 2. The quantitative estimate of drug-likeness (QED) is 0.486. The van der Waals surface area contributed by atoms with Crippen molar-refractivity contribution in [1.82, 2.24) is 5.43 Å². The minimum atomic E-state index is -0.832. The average Bonchev–Trinajstić information content (AvgIpc) is 2.50. The summed E-state index contributed by atoms with van der Waals surface area (Å²) < 4.78 is 0.819. The van der Waals surface area contributed by atoms with Crippen LogP contribution in [0.25, 0.3) is 0 Å². The summed E-state index contributed by atoms with van der Waals surface area (Å²) in [6, 6.07) is 8.73. The Morgan fingerprint density at radius 1 is 1.30 bits per heavy atom. The Morgan fingerprint density at radius 2 is 1.96 bits per heavy atom. The van der Waals surface area contributed by atoms with Gasteiger partial charge in [0, 0.05) is 21.1 Å². The van der Waals surface area contributed by atoms with Crippen LogP contribution in [0.2, 0.25) is 5.02 Å². The zero-order chi connectivity index (χ0) is 17.0. The summed E-state index contributed by atoms with van der Waals surface area (Å²) in [6.07, 6.45) is 1.01. The van der Waals surface area contributed by atoms with Crippen LogP contribution in [0, 0.1) is 10.1 Å². The van der Waals surface area contributed by atoms with Gasteiger partial charge in [-0.1, -0.05) is 27.5 Å². The first kappa shape index (κ1) is 16.9. The molecule has 0 bridgehead atoms. The van der Waals surface area contributed by atoms with E-state index in [0.717, 1.165) is 16.8 Å². The third-order valence-corrected chi connectivity index (χ3v) is 3.48. The summed E-state index contributed by atoms with van der Waals surface area (Å²) in [4.78, 5) is 21.7. The van der Waals surface area contributed by atoms with E-state index < -0.39 is 22.3 Å². The van der Waals surface area contributed by atoms with Crippen molar-refractivity contribution in [2.75, 3.05) is 0 Å². The number of rotatable bonds is 4. The summed E-state index contributed by atoms with van der Waals surface area (Å²) in [7, 11) is 0. The maximum atomic E-state index is 11.8. The van der Waals surface area contributed by atoms with Gasteiger partial charge in [0.2, 0.25) is 0 Å². The normalized spacial score (nSPS) is 10.7. The van der Waals surface area contributed by atoms with Crippen LogP contribution < -0.4 is 10.5 Å². The van der Waals surface area contributed by atoms with Crippen LogP contribution in [-0.4, -0.2) is 17.0 Å². The second-order valence-electron chi connectivity index (χ2n) is 4.31. The van der Waals surface area contributed by atoms with Crippen LogP contribution in [0.1, 0.15) is 15.9 Å². The Balaban J connectivity index is 2.16. The lowest BCUT2D eigenvalue weighted by atomic mass is 10.2. The molecule has 0 aliphatic rings. The molecular weight excluding hydrogens is 390 g/mol. The number of benzene rings is 2. The van der Waals surface area contributed by atoms with Gasteiger partial charge in [0.15, 0.2) is 0 Å². The number of nitrogens with one attached hydrogen (secondary N) is 1. The fourth-order valence-electron chi connectivity index (χ4n) is 1.66. The molecule has 2 aromatic carbocycles. The average molecular weight is 398 g/mol. The summed E-state index contributed by atoms with van der Waals surface area (Å²) in [5, 5.41) is 26.2. The predicted octanol–water partition coefficient (Wildman–Crippen LogP) is 2.85. The van der Waals surface area contributed by atoms with Crippen LogP contribution in [0.4, 0.5) is 5.69 Å². The topological polar surface area (TPSA) is 108 Å². The van der Waals surface area contributed by atoms with E-state index in [4.69, 9.17) is 11.6 Å². The smallest absolute Gasteiger partial charge is 0.271 e. The first-order valence-corrected chi connectivity index (χ1v) is 7.29. The van der Waals surface area contributed by atoms with Crippen molar-refractivity contribution >= 4 is 45.3 Å². The number of nitro groups is 1. The Morgan fingerprint density at radius 3 is 2.57 bits per heavy atom. The Kier molecular flexibility index (Phi) is 5.30. The molecular formula is C14H8BrClN3O4-. The van der Waals surface area contributed by atoms with Gasteiger partial charge < -0.3 is 5.11 Å². The molecule has 0 spiro atoms. The molecule has 118 valence electrons. The summed E-state index contributed by atoms with van der Waals surface area (Å²) in [5.74, 6) is -1.32. The third-order valence-electron chi connectivity index (χ3n) is 2.74. The minimum Gasteiger partial charge on any atom is -0.867 e. The van der Waals surface area contributed by atoms with Crippen molar-refractivity contribution in [2.24, 2.45) is 5.10 Å². The first-order chi connectivity index (χ1) is 10.9. The molecule has 0 saturated carbocycles. The minimum absolute atomic E-state index is 0.0250. The first-order valence-electron chi connectivity index (χ1n) is 6.12. The Bertz CT molecular complexity index is 793. The molecule has 1 N–H and O–H groups in total. The van der Waals surface area contributed by atoms with Gasteiger partial charge in [-0.15, -0.1) is 0 Å². The molecule has 0 aliphatic carbocycles. The van der Waals surface area contributed by atoms with Gasteiger partial charge in [-0.05, 0) is 41.6 Å². The molecule has 2 aromatic rings. The molecule has 23 heavy (non-hydrogen) atoms. The van der Waals surface area contributed by atoms with Crippen molar-refractivity contribution in [3.63, 3.8) is 0 Å². The number of nitrogens with zero attached hydrogens (tertiary/aromatic N) is 2. The van der Waals surface area contributed by atoms with Crippen LogP contribution in [-0.2, 0) is 0 Å². The van der Waals surface area contributed by atoms with Crippen molar-refractivity contribution in [3.8, 4) is 5.75 Å². The largest absolute Gasteiger partial charge is 0.867 e. The van der Waals surface area contributed by atoms with Gasteiger partial charge in [0.05, 0.1) is 11.1 Å². The maximum Gasteiger partial charge on any atom is 0.271 e. The fraction of sp³-hybridized carbons (Fsp3) is 0. The van der Waals surface area contributed by atoms with E-state index in [9.17, 15) is 20.0 Å².